The molecule has 0 aliphatic heterocycles. The van der Waals surface area contributed by atoms with Crippen molar-refractivity contribution in [3.05, 3.63) is 46.1 Å². The smallest absolute Gasteiger partial charge is 0.417 e. The SMILES string of the molecule is Oc1cc(Cl)c(OCCCNc2ccc(C(F)(F)F)cn2)c(Cl)c1. The van der Waals surface area contributed by atoms with Crippen molar-refractivity contribution in [2.75, 3.05) is 18.5 Å². The van der Waals surface area contributed by atoms with Gasteiger partial charge in [-0.2, -0.15) is 13.2 Å². The first-order valence-electron chi connectivity index (χ1n) is 6.85. The molecule has 0 aliphatic rings. The molecule has 0 bridgehead atoms. The topological polar surface area (TPSA) is 54.4 Å². The number of nitrogens with one attached hydrogen (secondary N) is 1. The van der Waals surface area contributed by atoms with Gasteiger partial charge in [-0.1, -0.05) is 23.2 Å². The summed E-state index contributed by atoms with van der Waals surface area (Å²) in [5.41, 5.74) is -0.798. The van der Waals surface area contributed by atoms with Crippen LogP contribution in [-0.2, 0) is 6.18 Å². The maximum absolute atomic E-state index is 12.4. The highest BCUT2D eigenvalue weighted by molar-refractivity contribution is 6.37. The van der Waals surface area contributed by atoms with E-state index in [2.05, 4.69) is 10.3 Å². The third-order valence-electron chi connectivity index (χ3n) is 2.95. The number of aromatic nitrogens is 1. The Bertz CT molecular complexity index is 671. The molecule has 2 N–H and O–H groups in total. The van der Waals surface area contributed by atoms with Crippen molar-refractivity contribution in [2.24, 2.45) is 0 Å². The summed E-state index contributed by atoms with van der Waals surface area (Å²) >= 11 is 11.8. The van der Waals surface area contributed by atoms with Crippen LogP contribution in [0.25, 0.3) is 0 Å². The number of phenols is 1. The Balaban J connectivity index is 1.78. The summed E-state index contributed by atoms with van der Waals surface area (Å²) in [4.78, 5) is 3.70. The number of benzene rings is 1. The maximum Gasteiger partial charge on any atom is 0.417 e. The standard InChI is InChI=1S/C15H13Cl2F3N2O2/c16-11-6-10(23)7-12(17)14(11)24-5-1-4-21-13-3-2-9(8-22-13)15(18,19)20/h2-3,6-8,23H,1,4-5H2,(H,21,22). The average Bonchev–Trinajstić information content (AvgIpc) is 2.48. The van der Waals surface area contributed by atoms with Gasteiger partial charge in [-0.15, -0.1) is 0 Å². The molecule has 2 rings (SSSR count). The zero-order valence-corrected chi connectivity index (χ0v) is 13.7. The fraction of sp³-hybridized carbons (Fsp3) is 0.267. The molecular weight excluding hydrogens is 368 g/mol. The number of nitrogens with zero attached hydrogens (tertiary/aromatic N) is 1. The van der Waals surface area contributed by atoms with E-state index in [0.717, 1.165) is 12.3 Å². The molecule has 0 aliphatic carbocycles. The minimum atomic E-state index is -4.40. The van der Waals surface area contributed by atoms with Crippen molar-refractivity contribution in [2.45, 2.75) is 12.6 Å². The van der Waals surface area contributed by atoms with E-state index in [-0.39, 0.29) is 28.2 Å². The number of hydrogen-bond acceptors (Lipinski definition) is 4. The number of ether oxygens (including phenoxy) is 1. The summed E-state index contributed by atoms with van der Waals surface area (Å²) in [6.45, 7) is 0.712. The highest BCUT2D eigenvalue weighted by Crippen LogP contribution is 2.36. The molecule has 0 saturated heterocycles. The van der Waals surface area contributed by atoms with Crippen molar-refractivity contribution in [1.29, 1.82) is 0 Å². The summed E-state index contributed by atoms with van der Waals surface area (Å²) < 4.78 is 42.7. The summed E-state index contributed by atoms with van der Waals surface area (Å²) in [5, 5.41) is 12.6. The molecular formula is C15H13Cl2F3N2O2. The Morgan fingerprint density at radius 1 is 1.17 bits per heavy atom. The lowest BCUT2D eigenvalue weighted by molar-refractivity contribution is -0.137. The van der Waals surface area contributed by atoms with Gasteiger partial charge in [-0.3, -0.25) is 0 Å². The van der Waals surface area contributed by atoms with Gasteiger partial charge in [0.15, 0.2) is 5.75 Å². The van der Waals surface area contributed by atoms with Gasteiger partial charge in [0.25, 0.3) is 0 Å². The Labute approximate surface area is 146 Å². The zero-order chi connectivity index (χ0) is 17.7. The fourth-order valence-electron chi connectivity index (χ4n) is 1.81. The average molecular weight is 381 g/mol. The van der Waals surface area contributed by atoms with Gasteiger partial charge in [0.05, 0.1) is 22.2 Å². The lowest BCUT2D eigenvalue weighted by atomic mass is 10.3. The van der Waals surface area contributed by atoms with Gasteiger partial charge < -0.3 is 15.2 Å². The van der Waals surface area contributed by atoms with Crippen LogP contribution in [0.15, 0.2) is 30.5 Å². The normalized spacial score (nSPS) is 11.4. The predicted molar refractivity (Wildman–Crippen MR) is 86.0 cm³/mol. The molecule has 1 aromatic carbocycles. The lowest BCUT2D eigenvalue weighted by Gasteiger charge is -2.11. The van der Waals surface area contributed by atoms with Gasteiger partial charge in [0, 0.05) is 24.9 Å². The number of pyridine rings is 1. The highest BCUT2D eigenvalue weighted by atomic mass is 35.5. The van der Waals surface area contributed by atoms with Crippen molar-refractivity contribution < 1.29 is 23.0 Å². The van der Waals surface area contributed by atoms with E-state index in [9.17, 15) is 18.3 Å². The predicted octanol–water partition coefficient (Wildman–Crippen LogP) is 4.99. The quantitative estimate of drug-likeness (QED) is 0.692. The Kier molecular flexibility index (Phi) is 6.01. The molecule has 9 heteroatoms. The Morgan fingerprint density at radius 3 is 2.38 bits per heavy atom. The summed E-state index contributed by atoms with van der Waals surface area (Å²) in [7, 11) is 0. The first-order chi connectivity index (χ1) is 11.3. The molecule has 0 fully saturated rings. The summed E-state index contributed by atoms with van der Waals surface area (Å²) in [6.07, 6.45) is -3.09. The maximum atomic E-state index is 12.4. The van der Waals surface area contributed by atoms with E-state index in [4.69, 9.17) is 27.9 Å². The summed E-state index contributed by atoms with van der Waals surface area (Å²) in [6, 6.07) is 4.85. The minimum Gasteiger partial charge on any atom is -0.508 e. The largest absolute Gasteiger partial charge is 0.508 e. The van der Waals surface area contributed by atoms with Gasteiger partial charge >= 0.3 is 6.18 Å². The molecule has 0 saturated carbocycles. The van der Waals surface area contributed by atoms with Gasteiger partial charge in [-0.05, 0) is 18.6 Å². The Morgan fingerprint density at radius 2 is 1.83 bits per heavy atom. The number of halogens is 5. The van der Waals surface area contributed by atoms with Crippen LogP contribution in [0, 0.1) is 0 Å². The van der Waals surface area contributed by atoms with Gasteiger partial charge in [-0.25, -0.2) is 4.98 Å². The van der Waals surface area contributed by atoms with Crippen LogP contribution < -0.4 is 10.1 Å². The molecule has 1 heterocycles. The molecule has 4 nitrogen and oxygen atoms in total. The van der Waals surface area contributed by atoms with Crippen LogP contribution >= 0.6 is 23.2 Å². The fourth-order valence-corrected chi connectivity index (χ4v) is 2.40. The number of anilines is 1. The molecule has 1 aromatic heterocycles. The number of phenolic OH excluding ortho intramolecular Hbond substituents is 1. The minimum absolute atomic E-state index is 0.0626. The van der Waals surface area contributed by atoms with E-state index < -0.39 is 11.7 Å². The molecule has 0 spiro atoms. The third-order valence-corrected chi connectivity index (χ3v) is 3.51. The van der Waals surface area contributed by atoms with E-state index >= 15 is 0 Å². The molecule has 0 unspecified atom stereocenters. The molecule has 130 valence electrons. The van der Waals surface area contributed by atoms with Crippen LogP contribution in [-0.4, -0.2) is 23.2 Å². The van der Waals surface area contributed by atoms with Gasteiger partial charge in [0.2, 0.25) is 0 Å². The van der Waals surface area contributed by atoms with E-state index in [1.807, 2.05) is 0 Å². The molecule has 0 radical (unpaired) electrons. The number of hydrogen-bond donors (Lipinski definition) is 2. The second-order valence-corrected chi connectivity index (χ2v) is 5.61. The van der Waals surface area contributed by atoms with Crippen molar-refractivity contribution in [1.82, 2.24) is 4.98 Å². The molecule has 0 amide bonds. The van der Waals surface area contributed by atoms with Crippen molar-refractivity contribution in [3.63, 3.8) is 0 Å². The van der Waals surface area contributed by atoms with Crippen LogP contribution in [0.5, 0.6) is 11.5 Å². The van der Waals surface area contributed by atoms with Gasteiger partial charge in [0.1, 0.15) is 11.6 Å². The van der Waals surface area contributed by atoms with Crippen LogP contribution in [0.4, 0.5) is 19.0 Å². The van der Waals surface area contributed by atoms with E-state index in [1.165, 1.54) is 18.2 Å². The second kappa shape index (κ2) is 7.81. The van der Waals surface area contributed by atoms with Crippen LogP contribution in [0.2, 0.25) is 10.0 Å². The van der Waals surface area contributed by atoms with E-state index in [0.29, 0.717) is 18.8 Å². The number of rotatable bonds is 6. The number of alkyl halides is 3. The summed E-state index contributed by atoms with van der Waals surface area (Å²) in [5.74, 6) is 0.542. The highest BCUT2D eigenvalue weighted by Gasteiger charge is 2.30. The molecule has 24 heavy (non-hydrogen) atoms. The Hall–Kier alpha value is -1.86. The van der Waals surface area contributed by atoms with E-state index in [1.54, 1.807) is 0 Å². The zero-order valence-electron chi connectivity index (χ0n) is 12.2. The monoisotopic (exact) mass is 380 g/mol. The second-order valence-electron chi connectivity index (χ2n) is 4.80. The number of aromatic hydroxyl groups is 1. The molecule has 2 aromatic rings. The van der Waals surface area contributed by atoms with Crippen molar-refractivity contribution in [3.8, 4) is 11.5 Å². The lowest BCUT2D eigenvalue weighted by Crippen LogP contribution is -2.10. The third kappa shape index (κ3) is 5.07. The first-order valence-corrected chi connectivity index (χ1v) is 7.61. The van der Waals surface area contributed by atoms with Crippen LogP contribution in [0.1, 0.15) is 12.0 Å². The molecule has 0 atom stereocenters. The van der Waals surface area contributed by atoms with Crippen LogP contribution in [0.3, 0.4) is 0 Å². The first kappa shape index (κ1) is 18.5. The van der Waals surface area contributed by atoms with Crippen molar-refractivity contribution >= 4 is 29.0 Å².